The quantitative estimate of drug-likeness (QED) is 0.908. The molecule has 2 heterocycles. The van der Waals surface area contributed by atoms with Crippen LogP contribution in [0.5, 0.6) is 0 Å². The highest BCUT2D eigenvalue weighted by molar-refractivity contribution is 5.98. The Morgan fingerprint density at radius 3 is 2.81 bits per heavy atom. The zero-order chi connectivity index (χ0) is 15.6. The van der Waals surface area contributed by atoms with E-state index in [4.69, 9.17) is 0 Å². The summed E-state index contributed by atoms with van der Waals surface area (Å²) in [7, 11) is 3.68. The molecule has 21 heavy (non-hydrogen) atoms. The molecule has 114 valence electrons. The highest BCUT2D eigenvalue weighted by Crippen LogP contribution is 2.20. The molecule has 0 unspecified atom stereocenters. The molecular weight excluding hydrogens is 266 g/mol. The van der Waals surface area contributed by atoms with Gasteiger partial charge in [0.15, 0.2) is 5.65 Å². The van der Waals surface area contributed by atoms with Gasteiger partial charge in [-0.1, -0.05) is 0 Å². The van der Waals surface area contributed by atoms with Crippen LogP contribution in [0.1, 0.15) is 35.9 Å². The van der Waals surface area contributed by atoms with E-state index in [0.29, 0.717) is 12.1 Å². The van der Waals surface area contributed by atoms with E-state index in [2.05, 4.69) is 29.2 Å². The van der Waals surface area contributed by atoms with Gasteiger partial charge < -0.3 is 10.2 Å². The van der Waals surface area contributed by atoms with Gasteiger partial charge in [-0.3, -0.25) is 4.79 Å². The largest absolute Gasteiger partial charge is 0.340 e. The van der Waals surface area contributed by atoms with E-state index in [-0.39, 0.29) is 11.9 Å². The van der Waals surface area contributed by atoms with Gasteiger partial charge in [-0.15, -0.1) is 0 Å². The lowest BCUT2D eigenvalue weighted by atomic mass is 10.1. The number of aryl methyl sites for hydroxylation is 1. The number of carbonyl (C=O) groups excluding carboxylic acids is 1. The van der Waals surface area contributed by atoms with Gasteiger partial charge in [-0.25, -0.2) is 9.67 Å². The van der Waals surface area contributed by atoms with Gasteiger partial charge in [0.25, 0.3) is 5.91 Å². The fraction of sp³-hybridized carbons (Fsp3) is 0.533. The SMILES string of the molecule is CNCCN(C)C(=O)c1cc2cnn(C(C)C)c2nc1C. The number of rotatable bonds is 5. The second-order valence-corrected chi connectivity index (χ2v) is 5.55. The van der Waals surface area contributed by atoms with Crippen LogP contribution in [0.3, 0.4) is 0 Å². The molecule has 0 saturated heterocycles. The van der Waals surface area contributed by atoms with Gasteiger partial charge in [-0.05, 0) is 33.9 Å². The van der Waals surface area contributed by atoms with Gasteiger partial charge in [0.2, 0.25) is 0 Å². The van der Waals surface area contributed by atoms with Crippen LogP contribution in [0.4, 0.5) is 0 Å². The number of amides is 1. The van der Waals surface area contributed by atoms with Crippen molar-refractivity contribution in [2.45, 2.75) is 26.8 Å². The van der Waals surface area contributed by atoms with E-state index in [1.165, 1.54) is 0 Å². The van der Waals surface area contributed by atoms with Crippen molar-refractivity contribution < 1.29 is 4.79 Å². The number of nitrogens with zero attached hydrogens (tertiary/aromatic N) is 4. The predicted molar refractivity (Wildman–Crippen MR) is 83.5 cm³/mol. The average Bonchev–Trinajstić information content (AvgIpc) is 2.85. The summed E-state index contributed by atoms with van der Waals surface area (Å²) in [6.45, 7) is 7.43. The Kier molecular flexibility index (Phi) is 4.57. The summed E-state index contributed by atoms with van der Waals surface area (Å²) in [6.07, 6.45) is 1.77. The van der Waals surface area contributed by atoms with E-state index in [1.54, 1.807) is 18.1 Å². The Morgan fingerprint density at radius 1 is 1.48 bits per heavy atom. The Bertz CT molecular complexity index is 647. The first-order valence-corrected chi connectivity index (χ1v) is 7.20. The Hall–Kier alpha value is -1.95. The Morgan fingerprint density at radius 2 is 2.19 bits per heavy atom. The van der Waals surface area contributed by atoms with Crippen LogP contribution < -0.4 is 5.32 Å². The molecule has 0 fully saturated rings. The van der Waals surface area contributed by atoms with Crippen LogP contribution in [-0.4, -0.2) is 52.8 Å². The molecule has 2 rings (SSSR count). The number of pyridine rings is 1. The van der Waals surface area contributed by atoms with E-state index < -0.39 is 0 Å². The molecule has 6 nitrogen and oxygen atoms in total. The number of hydrogen-bond acceptors (Lipinski definition) is 4. The summed E-state index contributed by atoms with van der Waals surface area (Å²) in [6, 6.07) is 2.14. The van der Waals surface area contributed by atoms with Gasteiger partial charge in [0.1, 0.15) is 0 Å². The van der Waals surface area contributed by atoms with Crippen molar-refractivity contribution in [1.29, 1.82) is 0 Å². The maximum Gasteiger partial charge on any atom is 0.255 e. The summed E-state index contributed by atoms with van der Waals surface area (Å²) in [4.78, 5) is 18.8. The lowest BCUT2D eigenvalue weighted by Crippen LogP contribution is -2.33. The van der Waals surface area contributed by atoms with Crippen molar-refractivity contribution in [3.8, 4) is 0 Å². The van der Waals surface area contributed by atoms with Gasteiger partial charge in [0.05, 0.1) is 17.5 Å². The first-order chi connectivity index (χ1) is 9.95. The zero-order valence-corrected chi connectivity index (χ0v) is 13.3. The minimum Gasteiger partial charge on any atom is -0.340 e. The molecule has 0 aliphatic heterocycles. The first kappa shape index (κ1) is 15.4. The smallest absolute Gasteiger partial charge is 0.255 e. The lowest BCUT2D eigenvalue weighted by Gasteiger charge is -2.18. The zero-order valence-electron chi connectivity index (χ0n) is 13.3. The molecule has 0 atom stereocenters. The number of fused-ring (bicyclic) bond motifs is 1. The maximum atomic E-state index is 12.5. The van der Waals surface area contributed by atoms with Crippen molar-refractivity contribution >= 4 is 16.9 Å². The minimum absolute atomic E-state index is 0.00514. The second-order valence-electron chi connectivity index (χ2n) is 5.55. The third kappa shape index (κ3) is 3.05. The van der Waals surface area contributed by atoms with Crippen molar-refractivity contribution in [3.63, 3.8) is 0 Å². The van der Waals surface area contributed by atoms with Crippen LogP contribution in [0.25, 0.3) is 11.0 Å². The molecule has 1 amide bonds. The second kappa shape index (κ2) is 6.22. The van der Waals surface area contributed by atoms with Crippen LogP contribution in [-0.2, 0) is 0 Å². The normalized spacial score (nSPS) is 11.3. The predicted octanol–water partition coefficient (Wildman–Crippen LogP) is 1.61. The van der Waals surface area contributed by atoms with Gasteiger partial charge in [-0.2, -0.15) is 5.10 Å². The fourth-order valence-electron chi connectivity index (χ4n) is 2.25. The Balaban J connectivity index is 2.37. The standard InChI is InChI=1S/C15H23N5O/c1-10(2)20-14-12(9-17-20)8-13(11(3)18-14)15(21)19(5)7-6-16-4/h8-10,16H,6-7H2,1-5H3. The highest BCUT2D eigenvalue weighted by atomic mass is 16.2. The maximum absolute atomic E-state index is 12.5. The Labute approximate surface area is 125 Å². The molecule has 0 saturated carbocycles. The monoisotopic (exact) mass is 289 g/mol. The molecule has 6 heteroatoms. The summed E-state index contributed by atoms with van der Waals surface area (Å²) in [5.41, 5.74) is 2.22. The molecule has 2 aromatic heterocycles. The molecule has 0 aliphatic carbocycles. The van der Waals surface area contributed by atoms with E-state index in [9.17, 15) is 4.79 Å². The van der Waals surface area contributed by atoms with Crippen LogP contribution in [0.15, 0.2) is 12.3 Å². The first-order valence-electron chi connectivity index (χ1n) is 7.20. The number of aromatic nitrogens is 3. The highest BCUT2D eigenvalue weighted by Gasteiger charge is 2.17. The molecule has 0 aromatic carbocycles. The third-order valence-electron chi connectivity index (χ3n) is 3.52. The van der Waals surface area contributed by atoms with Gasteiger partial charge in [0, 0.05) is 31.6 Å². The van der Waals surface area contributed by atoms with Crippen LogP contribution in [0, 0.1) is 6.92 Å². The van der Waals surface area contributed by atoms with Gasteiger partial charge >= 0.3 is 0 Å². The van der Waals surface area contributed by atoms with Crippen LogP contribution >= 0.6 is 0 Å². The third-order valence-corrected chi connectivity index (χ3v) is 3.52. The molecule has 0 bridgehead atoms. The summed E-state index contributed by atoms with van der Waals surface area (Å²) >= 11 is 0. The number of hydrogen-bond donors (Lipinski definition) is 1. The molecule has 1 N–H and O–H groups in total. The average molecular weight is 289 g/mol. The summed E-state index contributed by atoms with van der Waals surface area (Å²) < 4.78 is 1.88. The molecule has 0 radical (unpaired) electrons. The molecular formula is C15H23N5O. The summed E-state index contributed by atoms with van der Waals surface area (Å²) in [5.74, 6) is -0.00514. The van der Waals surface area contributed by atoms with E-state index >= 15 is 0 Å². The minimum atomic E-state index is -0.00514. The molecule has 0 spiro atoms. The van der Waals surface area contributed by atoms with Crippen molar-refractivity contribution in [2.24, 2.45) is 0 Å². The molecule has 2 aromatic rings. The molecule has 0 aliphatic rings. The fourth-order valence-corrected chi connectivity index (χ4v) is 2.25. The van der Waals surface area contributed by atoms with Crippen molar-refractivity contribution in [3.05, 3.63) is 23.5 Å². The van der Waals surface area contributed by atoms with Crippen molar-refractivity contribution in [2.75, 3.05) is 27.2 Å². The number of likely N-dealkylation sites (N-methyl/N-ethyl adjacent to an activating group) is 2. The number of carbonyl (C=O) groups is 1. The van der Waals surface area contributed by atoms with E-state index in [0.717, 1.165) is 23.3 Å². The topological polar surface area (TPSA) is 63.1 Å². The van der Waals surface area contributed by atoms with E-state index in [1.807, 2.05) is 24.7 Å². The summed E-state index contributed by atoms with van der Waals surface area (Å²) in [5, 5.41) is 8.29. The van der Waals surface area contributed by atoms with Crippen LogP contribution in [0.2, 0.25) is 0 Å². The number of nitrogens with one attached hydrogen (secondary N) is 1. The van der Waals surface area contributed by atoms with Crippen molar-refractivity contribution in [1.82, 2.24) is 25.0 Å². The lowest BCUT2D eigenvalue weighted by molar-refractivity contribution is 0.0796.